The zero-order chi connectivity index (χ0) is 15.9. The van der Waals surface area contributed by atoms with Crippen molar-refractivity contribution in [2.75, 3.05) is 6.61 Å². The summed E-state index contributed by atoms with van der Waals surface area (Å²) in [6, 6.07) is 10.3. The quantitative estimate of drug-likeness (QED) is 0.890. The van der Waals surface area contributed by atoms with Crippen molar-refractivity contribution in [2.24, 2.45) is 0 Å². The van der Waals surface area contributed by atoms with Crippen LogP contribution >= 0.6 is 0 Å². The molecule has 23 heavy (non-hydrogen) atoms. The van der Waals surface area contributed by atoms with Crippen LogP contribution in [0.25, 0.3) is 0 Å². The van der Waals surface area contributed by atoms with Crippen LogP contribution in [0.4, 0.5) is 0 Å². The molecule has 3 rings (SSSR count). The van der Waals surface area contributed by atoms with Crippen LogP contribution in [0.3, 0.4) is 0 Å². The molecule has 1 fully saturated rings. The van der Waals surface area contributed by atoms with E-state index in [0.717, 1.165) is 38.5 Å². The van der Waals surface area contributed by atoms with Crippen molar-refractivity contribution >= 4 is 0 Å². The highest BCUT2D eigenvalue weighted by molar-refractivity contribution is 5.15. The Bertz CT molecular complexity index is 663. The van der Waals surface area contributed by atoms with E-state index in [4.69, 9.17) is 9.47 Å². The number of hydrogen-bond donors (Lipinski definition) is 1. The molecule has 1 aromatic heterocycles. The van der Waals surface area contributed by atoms with E-state index in [2.05, 4.69) is 22.1 Å². The van der Waals surface area contributed by atoms with Gasteiger partial charge in [0.2, 0.25) is 5.75 Å². The number of aryl methyl sites for hydroxylation is 2. The fourth-order valence-electron chi connectivity index (χ4n) is 2.68. The summed E-state index contributed by atoms with van der Waals surface area (Å²) < 4.78 is 11.1. The summed E-state index contributed by atoms with van der Waals surface area (Å²) in [6.45, 7) is 0.688. The highest BCUT2D eigenvalue weighted by Crippen LogP contribution is 2.15. The first-order chi connectivity index (χ1) is 11.3. The van der Waals surface area contributed by atoms with Crippen molar-refractivity contribution in [1.82, 2.24) is 9.97 Å². The third kappa shape index (κ3) is 4.66. The van der Waals surface area contributed by atoms with E-state index in [0.29, 0.717) is 12.4 Å². The lowest BCUT2D eigenvalue weighted by molar-refractivity contribution is -0.106. The predicted octanol–water partition coefficient (Wildman–Crippen LogP) is 2.85. The maximum Gasteiger partial charge on any atom is 0.293 e. The van der Waals surface area contributed by atoms with Gasteiger partial charge in [-0.1, -0.05) is 30.3 Å². The number of benzene rings is 1. The van der Waals surface area contributed by atoms with Crippen molar-refractivity contribution in [2.45, 2.75) is 44.8 Å². The summed E-state index contributed by atoms with van der Waals surface area (Å²) in [4.78, 5) is 19.2. The molecule has 2 heterocycles. The second-order valence-electron chi connectivity index (χ2n) is 5.78. The van der Waals surface area contributed by atoms with Gasteiger partial charge in [0.1, 0.15) is 5.82 Å². The monoisotopic (exact) mass is 314 g/mol. The van der Waals surface area contributed by atoms with Gasteiger partial charge in [0.15, 0.2) is 6.29 Å². The van der Waals surface area contributed by atoms with Crippen LogP contribution in [0.5, 0.6) is 5.75 Å². The van der Waals surface area contributed by atoms with Crippen molar-refractivity contribution in [3.8, 4) is 5.75 Å². The van der Waals surface area contributed by atoms with E-state index in [1.807, 2.05) is 18.2 Å². The van der Waals surface area contributed by atoms with Crippen LogP contribution in [-0.4, -0.2) is 22.9 Å². The first kappa shape index (κ1) is 15.7. The van der Waals surface area contributed by atoms with Gasteiger partial charge in [-0.25, -0.2) is 4.98 Å². The maximum atomic E-state index is 12.1. The van der Waals surface area contributed by atoms with E-state index in [-0.39, 0.29) is 17.6 Å². The topological polar surface area (TPSA) is 64.2 Å². The standard InChI is InChI=1S/C18H22N2O3/c21-18-15(23-17-11-4-5-12-22-17)13-19-16(20-18)10-6-9-14-7-2-1-3-8-14/h1-3,7-8,13,17H,4-6,9-12H2,(H,19,20,21). The summed E-state index contributed by atoms with van der Waals surface area (Å²) in [6.07, 6.45) is 6.77. The summed E-state index contributed by atoms with van der Waals surface area (Å²) in [5, 5.41) is 0. The minimum absolute atomic E-state index is 0.233. The summed E-state index contributed by atoms with van der Waals surface area (Å²) in [5.41, 5.74) is 1.06. The summed E-state index contributed by atoms with van der Waals surface area (Å²) >= 11 is 0. The van der Waals surface area contributed by atoms with Gasteiger partial charge in [-0.3, -0.25) is 4.79 Å². The third-order valence-electron chi connectivity index (χ3n) is 3.94. The van der Waals surface area contributed by atoms with E-state index < -0.39 is 0 Å². The molecule has 5 heteroatoms. The molecule has 0 radical (unpaired) electrons. The Morgan fingerprint density at radius 1 is 1.22 bits per heavy atom. The molecule has 5 nitrogen and oxygen atoms in total. The molecule has 0 bridgehead atoms. The number of H-pyrrole nitrogens is 1. The molecule has 1 aliphatic heterocycles. The summed E-state index contributed by atoms with van der Waals surface area (Å²) in [5.74, 6) is 0.937. The largest absolute Gasteiger partial charge is 0.458 e. The highest BCUT2D eigenvalue weighted by atomic mass is 16.7. The van der Waals surface area contributed by atoms with Crippen LogP contribution in [0.2, 0.25) is 0 Å². The smallest absolute Gasteiger partial charge is 0.293 e. The lowest BCUT2D eigenvalue weighted by Gasteiger charge is -2.22. The Morgan fingerprint density at radius 3 is 2.83 bits per heavy atom. The zero-order valence-corrected chi connectivity index (χ0v) is 13.2. The predicted molar refractivity (Wildman–Crippen MR) is 87.5 cm³/mol. The van der Waals surface area contributed by atoms with Gasteiger partial charge in [0.25, 0.3) is 5.56 Å². The Labute approximate surface area is 135 Å². The Kier molecular flexibility index (Phi) is 5.42. The van der Waals surface area contributed by atoms with Crippen LogP contribution < -0.4 is 10.3 Å². The van der Waals surface area contributed by atoms with Crippen LogP contribution in [0.15, 0.2) is 41.3 Å². The fraction of sp³-hybridized carbons (Fsp3) is 0.444. The lowest BCUT2D eigenvalue weighted by atomic mass is 10.1. The Hall–Kier alpha value is -2.14. The van der Waals surface area contributed by atoms with Crippen molar-refractivity contribution in [1.29, 1.82) is 0 Å². The van der Waals surface area contributed by atoms with E-state index in [1.54, 1.807) is 0 Å². The molecule has 122 valence electrons. The maximum absolute atomic E-state index is 12.1. The van der Waals surface area contributed by atoms with E-state index in [9.17, 15) is 4.79 Å². The van der Waals surface area contributed by atoms with Gasteiger partial charge < -0.3 is 14.5 Å². The molecule has 1 saturated heterocycles. The number of ether oxygens (including phenoxy) is 2. The number of hydrogen-bond acceptors (Lipinski definition) is 4. The minimum atomic E-state index is -0.324. The molecule has 1 N–H and O–H groups in total. The Morgan fingerprint density at radius 2 is 2.09 bits per heavy atom. The van der Waals surface area contributed by atoms with Gasteiger partial charge >= 0.3 is 0 Å². The van der Waals surface area contributed by atoms with Gasteiger partial charge in [0.05, 0.1) is 12.8 Å². The number of nitrogens with one attached hydrogen (secondary N) is 1. The molecule has 0 aliphatic carbocycles. The lowest BCUT2D eigenvalue weighted by Crippen LogP contribution is -2.28. The molecule has 0 amide bonds. The van der Waals surface area contributed by atoms with Gasteiger partial charge in [-0.2, -0.15) is 0 Å². The second kappa shape index (κ2) is 7.92. The highest BCUT2D eigenvalue weighted by Gasteiger charge is 2.17. The molecular weight excluding hydrogens is 292 g/mol. The molecule has 1 atom stereocenters. The zero-order valence-electron chi connectivity index (χ0n) is 13.2. The first-order valence-corrected chi connectivity index (χ1v) is 8.21. The molecule has 0 spiro atoms. The van der Waals surface area contributed by atoms with Crippen molar-refractivity contribution < 1.29 is 9.47 Å². The first-order valence-electron chi connectivity index (χ1n) is 8.21. The third-order valence-corrected chi connectivity index (χ3v) is 3.94. The Balaban J connectivity index is 1.53. The summed E-state index contributed by atoms with van der Waals surface area (Å²) in [7, 11) is 0. The SMILES string of the molecule is O=c1[nH]c(CCCc2ccccc2)ncc1OC1CCCCO1. The average molecular weight is 314 g/mol. The van der Waals surface area contributed by atoms with Gasteiger partial charge in [-0.05, 0) is 31.2 Å². The van der Waals surface area contributed by atoms with Crippen LogP contribution in [0.1, 0.15) is 37.1 Å². The fourth-order valence-corrected chi connectivity index (χ4v) is 2.68. The molecule has 0 saturated carbocycles. The van der Waals surface area contributed by atoms with Gasteiger partial charge in [-0.15, -0.1) is 0 Å². The molecule has 1 aromatic carbocycles. The number of nitrogens with zero attached hydrogens (tertiary/aromatic N) is 1. The second-order valence-corrected chi connectivity index (χ2v) is 5.78. The van der Waals surface area contributed by atoms with E-state index >= 15 is 0 Å². The van der Waals surface area contributed by atoms with E-state index in [1.165, 1.54) is 11.8 Å². The molecule has 1 aliphatic rings. The normalized spacial score (nSPS) is 17.8. The van der Waals surface area contributed by atoms with Gasteiger partial charge in [0, 0.05) is 12.8 Å². The number of aromatic amines is 1. The van der Waals surface area contributed by atoms with Crippen molar-refractivity contribution in [3.05, 3.63) is 58.3 Å². The average Bonchev–Trinajstić information content (AvgIpc) is 2.59. The van der Waals surface area contributed by atoms with Crippen LogP contribution in [0, 0.1) is 0 Å². The number of aromatic nitrogens is 2. The minimum Gasteiger partial charge on any atom is -0.458 e. The number of rotatable bonds is 6. The molecule has 2 aromatic rings. The van der Waals surface area contributed by atoms with Crippen molar-refractivity contribution in [3.63, 3.8) is 0 Å². The van der Waals surface area contributed by atoms with Crippen LogP contribution in [-0.2, 0) is 17.6 Å². The molecule has 1 unspecified atom stereocenters. The molecular formula is C18H22N2O3.